The zero-order chi connectivity index (χ0) is 15.2. The van der Waals surface area contributed by atoms with E-state index in [2.05, 4.69) is 42.7 Å². The van der Waals surface area contributed by atoms with Gasteiger partial charge in [0.25, 0.3) is 0 Å². The molecule has 0 aromatic rings. The first-order chi connectivity index (χ1) is 9.33. The number of hydrogen-bond acceptors (Lipinski definition) is 3. The fraction of sp³-hybridized carbons (Fsp3) is 0.933. The van der Waals surface area contributed by atoms with Gasteiger partial charge in [0.15, 0.2) is 5.96 Å². The minimum atomic E-state index is -0.204. The van der Waals surface area contributed by atoms with Crippen molar-refractivity contribution in [3.05, 3.63) is 0 Å². The van der Waals surface area contributed by atoms with Crippen LogP contribution in [0, 0.1) is 5.41 Å². The van der Waals surface area contributed by atoms with Crippen molar-refractivity contribution in [1.29, 1.82) is 0 Å². The van der Waals surface area contributed by atoms with Gasteiger partial charge in [0.2, 0.25) is 0 Å². The number of hydrogen-bond donors (Lipinski definition) is 3. The smallest absolute Gasteiger partial charge is 0.191 e. The Hall–Kier alpha value is -0.420. The van der Waals surface area contributed by atoms with Gasteiger partial charge in [0.1, 0.15) is 0 Å². The standard InChI is InChI=1S/C15H31N3OS/c1-14(2,20-5)10-17-13(16-4)18-11-15(3)9-7-6-8-12(15)19/h12,19H,6-11H2,1-5H3,(H2,16,17,18). The molecule has 1 aliphatic carbocycles. The van der Waals surface area contributed by atoms with Crippen molar-refractivity contribution < 1.29 is 5.11 Å². The summed E-state index contributed by atoms with van der Waals surface area (Å²) in [6.07, 6.45) is 6.27. The van der Waals surface area contributed by atoms with Gasteiger partial charge in [0.05, 0.1) is 6.10 Å². The van der Waals surface area contributed by atoms with E-state index in [4.69, 9.17) is 0 Å². The second kappa shape index (κ2) is 7.55. The first-order valence-corrected chi connectivity index (χ1v) is 8.73. The summed E-state index contributed by atoms with van der Waals surface area (Å²) in [7, 11) is 1.79. The average Bonchev–Trinajstić information content (AvgIpc) is 2.42. The van der Waals surface area contributed by atoms with Crippen LogP contribution in [0.2, 0.25) is 0 Å². The van der Waals surface area contributed by atoms with Crippen molar-refractivity contribution in [3.8, 4) is 0 Å². The second-order valence-electron chi connectivity index (χ2n) is 6.66. The van der Waals surface area contributed by atoms with Crippen LogP contribution in [0.25, 0.3) is 0 Å². The Morgan fingerprint density at radius 1 is 1.40 bits per heavy atom. The number of aliphatic hydroxyl groups is 1. The van der Waals surface area contributed by atoms with Crippen LogP contribution >= 0.6 is 11.8 Å². The molecule has 0 amide bonds. The highest BCUT2D eigenvalue weighted by Gasteiger charge is 2.35. The highest BCUT2D eigenvalue weighted by atomic mass is 32.2. The highest BCUT2D eigenvalue weighted by molar-refractivity contribution is 7.99. The Balaban J connectivity index is 2.45. The van der Waals surface area contributed by atoms with Gasteiger partial charge in [-0.15, -0.1) is 0 Å². The quantitative estimate of drug-likeness (QED) is 0.538. The van der Waals surface area contributed by atoms with Crippen LogP contribution in [-0.2, 0) is 0 Å². The van der Waals surface area contributed by atoms with Crippen molar-refractivity contribution in [3.63, 3.8) is 0 Å². The van der Waals surface area contributed by atoms with Crippen molar-refractivity contribution in [2.75, 3.05) is 26.4 Å². The molecule has 0 heterocycles. The Morgan fingerprint density at radius 3 is 2.65 bits per heavy atom. The molecule has 1 saturated carbocycles. The number of nitrogens with zero attached hydrogens (tertiary/aromatic N) is 1. The summed E-state index contributed by atoms with van der Waals surface area (Å²) < 4.78 is 0.186. The fourth-order valence-corrected chi connectivity index (χ4v) is 2.68. The van der Waals surface area contributed by atoms with E-state index in [1.807, 2.05) is 11.8 Å². The van der Waals surface area contributed by atoms with E-state index in [9.17, 15) is 5.11 Å². The maximum absolute atomic E-state index is 10.2. The summed E-state index contributed by atoms with van der Waals surface area (Å²) in [6, 6.07) is 0. The predicted octanol–water partition coefficient (Wildman–Crippen LogP) is 2.23. The molecule has 20 heavy (non-hydrogen) atoms. The third-order valence-electron chi connectivity index (χ3n) is 4.40. The van der Waals surface area contributed by atoms with Crippen LogP contribution in [0.5, 0.6) is 0 Å². The second-order valence-corrected chi connectivity index (χ2v) is 8.17. The highest BCUT2D eigenvalue weighted by Crippen LogP contribution is 2.35. The first-order valence-electron chi connectivity index (χ1n) is 7.51. The predicted molar refractivity (Wildman–Crippen MR) is 89.5 cm³/mol. The van der Waals surface area contributed by atoms with Crippen molar-refractivity contribution in [1.82, 2.24) is 10.6 Å². The molecule has 0 aliphatic heterocycles. The molecule has 0 aromatic carbocycles. The molecule has 5 heteroatoms. The number of nitrogens with one attached hydrogen (secondary N) is 2. The van der Waals surface area contributed by atoms with E-state index >= 15 is 0 Å². The van der Waals surface area contributed by atoms with Gasteiger partial charge in [-0.2, -0.15) is 11.8 Å². The molecule has 0 saturated heterocycles. The van der Waals surface area contributed by atoms with Crippen LogP contribution < -0.4 is 10.6 Å². The number of aliphatic hydroxyl groups excluding tert-OH is 1. The SMILES string of the molecule is CN=C(NCC(C)(C)SC)NCC1(C)CCCCC1O. The summed E-state index contributed by atoms with van der Waals surface area (Å²) in [5.41, 5.74) is -0.0368. The number of guanidine groups is 1. The molecule has 3 N–H and O–H groups in total. The molecule has 2 unspecified atom stereocenters. The topological polar surface area (TPSA) is 56.7 Å². The van der Waals surface area contributed by atoms with Crippen molar-refractivity contribution in [2.24, 2.45) is 10.4 Å². The number of rotatable bonds is 5. The van der Waals surface area contributed by atoms with Gasteiger partial charge >= 0.3 is 0 Å². The van der Waals surface area contributed by atoms with Crippen LogP contribution in [0.4, 0.5) is 0 Å². The van der Waals surface area contributed by atoms with Crippen LogP contribution in [0.3, 0.4) is 0 Å². The Labute approximate surface area is 128 Å². The molecule has 0 bridgehead atoms. The minimum absolute atomic E-state index is 0.0368. The van der Waals surface area contributed by atoms with Crippen molar-refractivity contribution in [2.45, 2.75) is 57.3 Å². The third kappa shape index (κ3) is 5.17. The molecule has 2 atom stereocenters. The van der Waals surface area contributed by atoms with E-state index in [0.717, 1.165) is 38.3 Å². The van der Waals surface area contributed by atoms with Gasteiger partial charge in [-0.3, -0.25) is 4.99 Å². The minimum Gasteiger partial charge on any atom is -0.392 e. The lowest BCUT2D eigenvalue weighted by molar-refractivity contribution is 0.00397. The van der Waals surface area contributed by atoms with Crippen LogP contribution in [0.1, 0.15) is 46.5 Å². The zero-order valence-electron chi connectivity index (χ0n) is 13.6. The lowest BCUT2D eigenvalue weighted by Crippen LogP contribution is -2.50. The maximum Gasteiger partial charge on any atom is 0.191 e. The molecule has 0 spiro atoms. The summed E-state index contributed by atoms with van der Waals surface area (Å²) in [6.45, 7) is 8.23. The van der Waals surface area contributed by atoms with E-state index in [0.29, 0.717) is 0 Å². The molecular weight excluding hydrogens is 270 g/mol. The summed E-state index contributed by atoms with van der Waals surface area (Å²) in [4.78, 5) is 4.27. The summed E-state index contributed by atoms with van der Waals surface area (Å²) in [5, 5.41) is 17.0. The summed E-state index contributed by atoms with van der Waals surface area (Å²) >= 11 is 1.84. The zero-order valence-corrected chi connectivity index (χ0v) is 14.4. The number of thioether (sulfide) groups is 1. The van der Waals surface area contributed by atoms with Gasteiger partial charge in [-0.1, -0.05) is 19.8 Å². The lowest BCUT2D eigenvalue weighted by Gasteiger charge is -2.39. The molecule has 1 fully saturated rings. The molecule has 1 rings (SSSR count). The largest absolute Gasteiger partial charge is 0.392 e. The Morgan fingerprint density at radius 2 is 2.10 bits per heavy atom. The van der Waals surface area contributed by atoms with Gasteiger partial charge in [-0.05, 0) is 32.9 Å². The monoisotopic (exact) mass is 301 g/mol. The molecule has 1 aliphatic rings. The first kappa shape index (κ1) is 17.6. The normalized spacial score (nSPS) is 28.3. The van der Waals surface area contributed by atoms with Crippen molar-refractivity contribution >= 4 is 17.7 Å². The van der Waals surface area contributed by atoms with Crippen LogP contribution in [0.15, 0.2) is 4.99 Å². The maximum atomic E-state index is 10.2. The Kier molecular flexibility index (Phi) is 6.65. The lowest BCUT2D eigenvalue weighted by atomic mass is 9.73. The molecule has 4 nitrogen and oxygen atoms in total. The van der Waals surface area contributed by atoms with E-state index in [-0.39, 0.29) is 16.3 Å². The fourth-order valence-electron chi connectivity index (χ4n) is 2.46. The van der Waals surface area contributed by atoms with E-state index < -0.39 is 0 Å². The van der Waals surface area contributed by atoms with Gasteiger partial charge < -0.3 is 15.7 Å². The molecule has 0 radical (unpaired) electrons. The van der Waals surface area contributed by atoms with Crippen LogP contribution in [-0.4, -0.2) is 48.3 Å². The van der Waals surface area contributed by atoms with Gasteiger partial charge in [-0.25, -0.2) is 0 Å². The molecular formula is C15H31N3OS. The molecule has 0 aromatic heterocycles. The summed E-state index contributed by atoms with van der Waals surface area (Å²) in [5.74, 6) is 0.825. The Bertz CT molecular complexity index is 333. The molecule has 118 valence electrons. The number of aliphatic imine (C=N–C) groups is 1. The van der Waals surface area contributed by atoms with E-state index in [1.165, 1.54) is 6.42 Å². The third-order valence-corrected chi connectivity index (χ3v) is 5.65. The average molecular weight is 302 g/mol. The van der Waals surface area contributed by atoms with Gasteiger partial charge in [0, 0.05) is 30.3 Å². The van der Waals surface area contributed by atoms with E-state index in [1.54, 1.807) is 7.05 Å².